The highest BCUT2D eigenvalue weighted by Gasteiger charge is 2.20. The van der Waals surface area contributed by atoms with Crippen LogP contribution in [0, 0.1) is 0 Å². The van der Waals surface area contributed by atoms with Gasteiger partial charge in [0.05, 0.1) is 6.10 Å². The zero-order valence-corrected chi connectivity index (χ0v) is 4.60. The first-order valence-corrected chi connectivity index (χ1v) is 2.83. The lowest BCUT2D eigenvalue weighted by Crippen LogP contribution is -2.41. The van der Waals surface area contributed by atoms with E-state index in [4.69, 9.17) is 5.11 Å². The van der Waals surface area contributed by atoms with E-state index in [2.05, 4.69) is 5.32 Å². The van der Waals surface area contributed by atoms with Crippen LogP contribution in [-0.4, -0.2) is 30.5 Å². The number of piperidine rings is 1. The summed E-state index contributed by atoms with van der Waals surface area (Å²) in [6.45, 7) is 1.04. The number of rotatable bonds is 0. The lowest BCUT2D eigenvalue weighted by Gasteiger charge is -2.21. The minimum atomic E-state index is -1.05. The highest BCUT2D eigenvalue weighted by molar-refractivity contribution is 4.75. The van der Waals surface area contributed by atoms with Crippen molar-refractivity contribution >= 4 is 0 Å². The summed E-state index contributed by atoms with van der Waals surface area (Å²) in [5.74, 6) is 0. The maximum Gasteiger partial charge on any atom is 0.138 e. The Balaban J connectivity index is 2.28. The van der Waals surface area contributed by atoms with Gasteiger partial charge in [-0.15, -0.1) is 0 Å². The van der Waals surface area contributed by atoms with E-state index in [1.165, 1.54) is 0 Å². The third-order valence-electron chi connectivity index (χ3n) is 1.37. The number of aliphatic hydroxyl groups is 1. The van der Waals surface area contributed by atoms with Gasteiger partial charge in [-0.2, -0.15) is 0 Å². The zero-order valence-electron chi connectivity index (χ0n) is 4.60. The van der Waals surface area contributed by atoms with E-state index in [0.717, 1.165) is 6.54 Å². The molecule has 0 aromatic carbocycles. The summed E-state index contributed by atoms with van der Waals surface area (Å²) < 4.78 is 12.3. The normalized spacial score (nSPS) is 39.8. The van der Waals surface area contributed by atoms with Gasteiger partial charge in [0.25, 0.3) is 0 Å². The number of nitrogens with one attached hydrogen (secondary N) is 1. The molecule has 0 bridgehead atoms. The Morgan fingerprint density at radius 3 is 2.75 bits per heavy atom. The second-order valence-corrected chi connectivity index (χ2v) is 2.08. The van der Waals surface area contributed by atoms with E-state index in [1.54, 1.807) is 0 Å². The second-order valence-electron chi connectivity index (χ2n) is 2.08. The molecule has 0 aromatic heterocycles. The van der Waals surface area contributed by atoms with Crippen LogP contribution < -0.4 is 5.32 Å². The van der Waals surface area contributed by atoms with Gasteiger partial charge in [0.1, 0.15) is 6.17 Å². The van der Waals surface area contributed by atoms with Crippen molar-refractivity contribution in [3.05, 3.63) is 0 Å². The van der Waals surface area contributed by atoms with Crippen LogP contribution in [-0.2, 0) is 0 Å². The molecule has 48 valence electrons. The Bertz CT molecular complexity index is 68.8. The minimum absolute atomic E-state index is 0.307. The van der Waals surface area contributed by atoms with Crippen molar-refractivity contribution in [2.75, 3.05) is 13.1 Å². The standard InChI is InChI=1S/C5H10FNO/c6-4-3-7-2-1-5(4)8/h4-5,7-8H,1-3H2/t4-,5+/m1/s1. The van der Waals surface area contributed by atoms with E-state index in [9.17, 15) is 4.39 Å². The fourth-order valence-electron chi connectivity index (χ4n) is 0.807. The molecule has 0 aliphatic carbocycles. The van der Waals surface area contributed by atoms with Gasteiger partial charge < -0.3 is 10.4 Å². The van der Waals surface area contributed by atoms with Crippen LogP contribution in [0.5, 0.6) is 0 Å². The molecule has 0 spiro atoms. The van der Waals surface area contributed by atoms with E-state index < -0.39 is 12.3 Å². The van der Waals surface area contributed by atoms with E-state index in [0.29, 0.717) is 13.0 Å². The van der Waals surface area contributed by atoms with Crippen LogP contribution in [0.4, 0.5) is 4.39 Å². The highest BCUT2D eigenvalue weighted by Crippen LogP contribution is 2.05. The largest absolute Gasteiger partial charge is 0.390 e. The summed E-state index contributed by atoms with van der Waals surface area (Å²) in [5, 5.41) is 11.6. The summed E-state index contributed by atoms with van der Waals surface area (Å²) >= 11 is 0. The molecule has 1 heterocycles. The van der Waals surface area contributed by atoms with E-state index in [1.807, 2.05) is 0 Å². The van der Waals surface area contributed by atoms with Crippen molar-refractivity contribution in [2.45, 2.75) is 18.7 Å². The molecular weight excluding hydrogens is 109 g/mol. The van der Waals surface area contributed by atoms with E-state index in [-0.39, 0.29) is 0 Å². The van der Waals surface area contributed by atoms with Crippen molar-refractivity contribution in [2.24, 2.45) is 0 Å². The van der Waals surface area contributed by atoms with Gasteiger partial charge in [0.15, 0.2) is 0 Å². The average molecular weight is 119 g/mol. The fourth-order valence-corrected chi connectivity index (χ4v) is 0.807. The third kappa shape index (κ3) is 1.17. The van der Waals surface area contributed by atoms with Crippen molar-refractivity contribution in [3.63, 3.8) is 0 Å². The highest BCUT2D eigenvalue weighted by atomic mass is 19.1. The number of hydrogen-bond donors (Lipinski definition) is 2. The Labute approximate surface area is 47.7 Å². The molecule has 0 unspecified atom stereocenters. The summed E-state index contributed by atoms with van der Waals surface area (Å²) in [4.78, 5) is 0. The van der Waals surface area contributed by atoms with Gasteiger partial charge in [-0.1, -0.05) is 0 Å². The molecule has 8 heavy (non-hydrogen) atoms. The Morgan fingerprint density at radius 1 is 1.62 bits per heavy atom. The van der Waals surface area contributed by atoms with Crippen LogP contribution >= 0.6 is 0 Å². The first kappa shape index (κ1) is 5.98. The van der Waals surface area contributed by atoms with Crippen LogP contribution in [0.25, 0.3) is 0 Å². The third-order valence-corrected chi connectivity index (χ3v) is 1.37. The molecule has 2 N–H and O–H groups in total. The molecule has 0 radical (unpaired) electrons. The molecule has 2 nitrogen and oxygen atoms in total. The Kier molecular flexibility index (Phi) is 1.81. The van der Waals surface area contributed by atoms with Crippen LogP contribution in [0.1, 0.15) is 6.42 Å². The van der Waals surface area contributed by atoms with Crippen molar-refractivity contribution in [1.82, 2.24) is 5.32 Å². The molecule has 0 saturated carbocycles. The maximum atomic E-state index is 12.3. The number of alkyl halides is 1. The molecule has 0 aromatic rings. The molecule has 0 amide bonds. The van der Waals surface area contributed by atoms with Crippen LogP contribution in [0.2, 0.25) is 0 Å². The molecule has 2 atom stereocenters. The first-order valence-electron chi connectivity index (χ1n) is 2.83. The maximum absolute atomic E-state index is 12.3. The number of hydrogen-bond acceptors (Lipinski definition) is 2. The monoisotopic (exact) mass is 119 g/mol. The van der Waals surface area contributed by atoms with Crippen LogP contribution in [0.15, 0.2) is 0 Å². The molecule has 1 aliphatic rings. The van der Waals surface area contributed by atoms with Gasteiger partial charge in [0, 0.05) is 6.54 Å². The predicted octanol–water partition coefficient (Wildman–Crippen LogP) is -0.321. The van der Waals surface area contributed by atoms with Crippen molar-refractivity contribution in [3.8, 4) is 0 Å². The lowest BCUT2D eigenvalue weighted by molar-refractivity contribution is 0.0532. The summed E-state index contributed by atoms with van der Waals surface area (Å²) in [6, 6.07) is 0. The molecule has 3 heteroatoms. The average Bonchev–Trinajstić information content (AvgIpc) is 1.77. The fraction of sp³-hybridized carbons (Fsp3) is 1.00. The molecule has 1 rings (SSSR count). The zero-order chi connectivity index (χ0) is 5.98. The Morgan fingerprint density at radius 2 is 2.38 bits per heavy atom. The quantitative estimate of drug-likeness (QED) is 0.458. The molecule has 1 saturated heterocycles. The molecule has 1 aliphatic heterocycles. The summed E-state index contributed by atoms with van der Waals surface area (Å²) in [7, 11) is 0. The Hall–Kier alpha value is -0.150. The first-order chi connectivity index (χ1) is 3.80. The predicted molar refractivity (Wildman–Crippen MR) is 28.4 cm³/mol. The van der Waals surface area contributed by atoms with Gasteiger partial charge in [-0.05, 0) is 13.0 Å². The SMILES string of the molecule is O[C@H]1CCNC[C@H]1F. The van der Waals surface area contributed by atoms with Gasteiger partial charge >= 0.3 is 0 Å². The number of halogens is 1. The van der Waals surface area contributed by atoms with Gasteiger partial charge in [-0.3, -0.25) is 0 Å². The van der Waals surface area contributed by atoms with Crippen molar-refractivity contribution in [1.29, 1.82) is 0 Å². The molecule has 1 fully saturated rings. The summed E-state index contributed by atoms with van der Waals surface area (Å²) in [5.41, 5.74) is 0. The minimum Gasteiger partial charge on any atom is -0.390 e. The topological polar surface area (TPSA) is 32.3 Å². The van der Waals surface area contributed by atoms with Crippen LogP contribution in [0.3, 0.4) is 0 Å². The summed E-state index contributed by atoms with van der Waals surface area (Å²) in [6.07, 6.45) is -1.23. The second kappa shape index (κ2) is 2.42. The van der Waals surface area contributed by atoms with Gasteiger partial charge in [0.2, 0.25) is 0 Å². The smallest absolute Gasteiger partial charge is 0.138 e. The number of aliphatic hydroxyl groups excluding tert-OH is 1. The lowest BCUT2D eigenvalue weighted by atomic mass is 10.1. The van der Waals surface area contributed by atoms with Gasteiger partial charge in [-0.25, -0.2) is 4.39 Å². The van der Waals surface area contributed by atoms with Crippen molar-refractivity contribution < 1.29 is 9.50 Å². The van der Waals surface area contributed by atoms with E-state index >= 15 is 0 Å². The molecular formula is C5H10FNO.